The number of amides is 1. The second-order valence-corrected chi connectivity index (χ2v) is 6.51. The maximum atomic E-state index is 11.7. The lowest BCUT2D eigenvalue weighted by Crippen LogP contribution is -2.33. The molecule has 1 amide bonds. The normalized spacial score (nSPS) is 12.7. The van der Waals surface area contributed by atoms with Crippen LogP contribution < -0.4 is 10.0 Å². The predicted molar refractivity (Wildman–Crippen MR) is 80.0 cm³/mol. The molecule has 0 spiro atoms. The van der Waals surface area contributed by atoms with E-state index in [4.69, 9.17) is 11.6 Å². The number of rotatable bonds is 7. The summed E-state index contributed by atoms with van der Waals surface area (Å²) in [5, 5.41) is 3.16. The van der Waals surface area contributed by atoms with Gasteiger partial charge in [0.25, 0.3) is 0 Å². The summed E-state index contributed by atoms with van der Waals surface area (Å²) in [7, 11) is -3.43. The molecule has 0 fully saturated rings. The molecule has 1 atom stereocenters. The van der Waals surface area contributed by atoms with Crippen molar-refractivity contribution in [3.05, 3.63) is 47.5 Å². The molecule has 1 aromatic carbocycles. The number of benzene rings is 1. The van der Waals surface area contributed by atoms with Gasteiger partial charge in [0.2, 0.25) is 15.9 Å². The summed E-state index contributed by atoms with van der Waals surface area (Å²) in [5.74, 6) is -0.263. The highest BCUT2D eigenvalue weighted by atomic mass is 35.5. The molecule has 0 heterocycles. The second-order valence-electron chi connectivity index (χ2n) is 4.29. The number of sulfonamides is 1. The van der Waals surface area contributed by atoms with Crippen molar-refractivity contribution in [3.8, 4) is 0 Å². The van der Waals surface area contributed by atoms with Crippen LogP contribution in [0.2, 0.25) is 5.02 Å². The first kappa shape index (κ1) is 16.7. The third-order valence-electron chi connectivity index (χ3n) is 2.46. The van der Waals surface area contributed by atoms with E-state index in [-0.39, 0.29) is 12.3 Å². The average molecular weight is 317 g/mol. The highest BCUT2D eigenvalue weighted by Gasteiger charge is 2.19. The van der Waals surface area contributed by atoms with E-state index in [1.165, 1.54) is 0 Å². The Morgan fingerprint density at radius 3 is 2.50 bits per heavy atom. The number of hydrogen-bond donors (Lipinski definition) is 2. The lowest BCUT2D eigenvalue weighted by molar-refractivity contribution is -0.121. The largest absolute Gasteiger partial charge is 0.353 e. The Morgan fingerprint density at radius 2 is 2.00 bits per heavy atom. The van der Waals surface area contributed by atoms with Crippen LogP contribution in [0.5, 0.6) is 0 Å². The van der Waals surface area contributed by atoms with Gasteiger partial charge < -0.3 is 5.32 Å². The molecule has 110 valence electrons. The molecule has 0 radical (unpaired) electrons. The van der Waals surface area contributed by atoms with Gasteiger partial charge in [-0.05, 0) is 17.7 Å². The van der Waals surface area contributed by atoms with Crippen molar-refractivity contribution in [3.63, 3.8) is 0 Å². The van der Waals surface area contributed by atoms with Gasteiger partial charge in [0.1, 0.15) is 0 Å². The third kappa shape index (κ3) is 6.18. The number of carbonyl (C=O) groups is 1. The number of carbonyl (C=O) groups excluding carboxylic acids is 1. The van der Waals surface area contributed by atoms with Crippen LogP contribution in [-0.4, -0.2) is 27.1 Å². The monoisotopic (exact) mass is 316 g/mol. The zero-order valence-corrected chi connectivity index (χ0v) is 12.7. The summed E-state index contributed by atoms with van der Waals surface area (Å²) in [6, 6.07) is 6.04. The molecule has 7 heteroatoms. The minimum Gasteiger partial charge on any atom is -0.353 e. The molecule has 0 aliphatic carbocycles. The van der Waals surface area contributed by atoms with Crippen LogP contribution in [0.15, 0.2) is 36.9 Å². The molecular formula is C13H17ClN2O3S. The van der Waals surface area contributed by atoms with Crippen molar-refractivity contribution in [1.82, 2.24) is 10.0 Å². The van der Waals surface area contributed by atoms with Crippen molar-refractivity contribution >= 4 is 27.5 Å². The maximum absolute atomic E-state index is 11.7. The van der Waals surface area contributed by atoms with Crippen LogP contribution >= 0.6 is 11.6 Å². The van der Waals surface area contributed by atoms with Gasteiger partial charge >= 0.3 is 0 Å². The van der Waals surface area contributed by atoms with Crippen molar-refractivity contribution in [2.75, 3.05) is 12.8 Å². The lowest BCUT2D eigenvalue weighted by Gasteiger charge is -2.17. The minimum atomic E-state index is -3.43. The zero-order chi connectivity index (χ0) is 15.2. The van der Waals surface area contributed by atoms with Crippen LogP contribution in [0.1, 0.15) is 18.0 Å². The Hall–Kier alpha value is -1.37. The van der Waals surface area contributed by atoms with Gasteiger partial charge in [0, 0.05) is 18.0 Å². The molecular weight excluding hydrogens is 300 g/mol. The van der Waals surface area contributed by atoms with Gasteiger partial charge in [-0.25, -0.2) is 13.1 Å². The SMILES string of the molecule is C=CCNC(=O)C[C@H](NS(C)(=O)=O)c1ccc(Cl)cc1. The van der Waals surface area contributed by atoms with Crippen molar-refractivity contribution in [2.24, 2.45) is 0 Å². The summed E-state index contributed by atoms with van der Waals surface area (Å²) in [6.45, 7) is 3.84. The van der Waals surface area contributed by atoms with E-state index in [2.05, 4.69) is 16.6 Å². The summed E-state index contributed by atoms with van der Waals surface area (Å²) >= 11 is 5.79. The van der Waals surface area contributed by atoms with Crippen LogP contribution in [0.3, 0.4) is 0 Å². The molecule has 1 aromatic rings. The fraction of sp³-hybridized carbons (Fsp3) is 0.308. The average Bonchev–Trinajstić information content (AvgIpc) is 2.35. The van der Waals surface area contributed by atoms with Crippen molar-refractivity contribution in [2.45, 2.75) is 12.5 Å². The molecule has 2 N–H and O–H groups in total. The highest BCUT2D eigenvalue weighted by molar-refractivity contribution is 7.88. The molecule has 20 heavy (non-hydrogen) atoms. The third-order valence-corrected chi connectivity index (χ3v) is 3.43. The second kappa shape index (κ2) is 7.42. The Bertz CT molecular complexity index is 570. The molecule has 0 aromatic heterocycles. The van der Waals surface area contributed by atoms with E-state index in [0.717, 1.165) is 6.26 Å². The minimum absolute atomic E-state index is 0.00252. The summed E-state index contributed by atoms with van der Waals surface area (Å²) in [4.78, 5) is 11.7. The van der Waals surface area contributed by atoms with Gasteiger partial charge in [-0.3, -0.25) is 4.79 Å². The van der Waals surface area contributed by atoms with Crippen LogP contribution in [0, 0.1) is 0 Å². The molecule has 0 saturated carbocycles. The molecule has 0 aliphatic rings. The highest BCUT2D eigenvalue weighted by Crippen LogP contribution is 2.20. The smallest absolute Gasteiger partial charge is 0.222 e. The number of halogens is 1. The molecule has 5 nitrogen and oxygen atoms in total. The van der Waals surface area contributed by atoms with Gasteiger partial charge in [0.05, 0.1) is 12.3 Å². The fourth-order valence-corrected chi connectivity index (χ4v) is 2.49. The van der Waals surface area contributed by atoms with E-state index >= 15 is 0 Å². The van der Waals surface area contributed by atoms with E-state index in [1.807, 2.05) is 0 Å². The first-order valence-electron chi connectivity index (χ1n) is 5.92. The molecule has 1 rings (SSSR count). The lowest BCUT2D eigenvalue weighted by atomic mass is 10.0. The fourth-order valence-electron chi connectivity index (χ4n) is 1.62. The Balaban J connectivity index is 2.87. The molecule has 0 bridgehead atoms. The van der Waals surface area contributed by atoms with Crippen LogP contribution in [0.25, 0.3) is 0 Å². The van der Waals surface area contributed by atoms with Crippen LogP contribution in [-0.2, 0) is 14.8 Å². The topological polar surface area (TPSA) is 75.3 Å². The van der Waals surface area contributed by atoms with E-state index < -0.39 is 16.1 Å². The summed E-state index contributed by atoms with van der Waals surface area (Å²) < 4.78 is 25.2. The van der Waals surface area contributed by atoms with Gasteiger partial charge in [-0.15, -0.1) is 6.58 Å². The quantitative estimate of drug-likeness (QED) is 0.751. The molecule has 0 aliphatic heterocycles. The predicted octanol–water partition coefficient (Wildman–Crippen LogP) is 1.62. The van der Waals surface area contributed by atoms with Crippen molar-refractivity contribution < 1.29 is 13.2 Å². The first-order chi connectivity index (χ1) is 9.31. The first-order valence-corrected chi connectivity index (χ1v) is 8.19. The van der Waals surface area contributed by atoms with Crippen molar-refractivity contribution in [1.29, 1.82) is 0 Å². The van der Waals surface area contributed by atoms with Gasteiger partial charge in [-0.2, -0.15) is 0 Å². The summed E-state index contributed by atoms with van der Waals surface area (Å²) in [5.41, 5.74) is 0.675. The zero-order valence-electron chi connectivity index (χ0n) is 11.1. The van der Waals surface area contributed by atoms with Gasteiger partial charge in [0.15, 0.2) is 0 Å². The summed E-state index contributed by atoms with van der Waals surface area (Å²) in [6.07, 6.45) is 2.61. The molecule has 0 unspecified atom stereocenters. The number of nitrogens with one attached hydrogen (secondary N) is 2. The molecule has 0 saturated heterocycles. The van der Waals surface area contributed by atoms with Gasteiger partial charge in [-0.1, -0.05) is 29.8 Å². The maximum Gasteiger partial charge on any atom is 0.222 e. The Morgan fingerprint density at radius 1 is 1.40 bits per heavy atom. The van der Waals surface area contributed by atoms with E-state index in [1.54, 1.807) is 30.3 Å². The van der Waals surface area contributed by atoms with E-state index in [9.17, 15) is 13.2 Å². The van der Waals surface area contributed by atoms with E-state index in [0.29, 0.717) is 17.1 Å². The Kier molecular flexibility index (Phi) is 6.19. The standard InChI is InChI=1S/C13H17ClN2O3S/c1-3-8-15-13(17)9-12(16-20(2,18)19)10-4-6-11(14)7-5-10/h3-7,12,16H,1,8-9H2,2H3,(H,15,17)/t12-/m0/s1. The van der Waals surface area contributed by atoms with Crippen LogP contribution in [0.4, 0.5) is 0 Å². The number of hydrogen-bond acceptors (Lipinski definition) is 3. The Labute approximate surface area is 124 Å².